The van der Waals surface area contributed by atoms with Crippen molar-refractivity contribution in [2.45, 2.75) is 11.6 Å². The Labute approximate surface area is 136 Å². The second-order valence-electron chi connectivity index (χ2n) is 4.35. The van der Waals surface area contributed by atoms with Crippen LogP contribution >= 0.6 is 23.4 Å². The molecule has 10 heteroatoms. The van der Waals surface area contributed by atoms with Gasteiger partial charge < -0.3 is 4.42 Å². The van der Waals surface area contributed by atoms with E-state index in [1.54, 1.807) is 6.07 Å². The maximum absolute atomic E-state index is 13.7. The number of sulfonamides is 1. The van der Waals surface area contributed by atoms with Crippen LogP contribution in [0.3, 0.4) is 0 Å². The molecule has 0 aliphatic rings. The van der Waals surface area contributed by atoms with Crippen LogP contribution in [0.5, 0.6) is 0 Å². The molecular formula is C12H13ClFN3O3S2. The van der Waals surface area contributed by atoms with Crippen LogP contribution < -0.4 is 4.72 Å². The number of rotatable bonds is 7. The number of halogens is 2. The van der Waals surface area contributed by atoms with Gasteiger partial charge in [-0.3, -0.25) is 0 Å². The van der Waals surface area contributed by atoms with Crippen molar-refractivity contribution in [1.82, 2.24) is 14.9 Å². The third-order valence-electron chi connectivity index (χ3n) is 2.53. The van der Waals surface area contributed by atoms with E-state index in [0.717, 1.165) is 6.26 Å². The summed E-state index contributed by atoms with van der Waals surface area (Å²) in [5.74, 6) is 0.248. The predicted molar refractivity (Wildman–Crippen MR) is 82.1 cm³/mol. The molecule has 0 aliphatic carbocycles. The molecule has 2 aromatic rings. The summed E-state index contributed by atoms with van der Waals surface area (Å²) in [4.78, 5) is 0. The summed E-state index contributed by atoms with van der Waals surface area (Å²) in [5, 5.41) is 8.21. The van der Waals surface area contributed by atoms with Crippen molar-refractivity contribution in [1.29, 1.82) is 0 Å². The molecule has 0 radical (unpaired) electrons. The number of hydrogen-bond donors (Lipinski definition) is 1. The summed E-state index contributed by atoms with van der Waals surface area (Å²) < 4.78 is 43.2. The number of nitrogens with one attached hydrogen (secondary N) is 1. The van der Waals surface area contributed by atoms with Crippen LogP contribution in [0.4, 0.5) is 4.39 Å². The van der Waals surface area contributed by atoms with Crippen molar-refractivity contribution in [3.05, 3.63) is 40.5 Å². The Hall–Kier alpha value is -1.16. The average molecular weight is 366 g/mol. The highest BCUT2D eigenvalue weighted by atomic mass is 35.5. The molecule has 0 amide bonds. The topological polar surface area (TPSA) is 85.1 Å². The summed E-state index contributed by atoms with van der Waals surface area (Å²) in [6.45, 7) is 0.250. The molecule has 120 valence electrons. The SMILES string of the molecule is CS(=O)(=O)NCCSc1nnc(Cc2c(F)cccc2Cl)o1. The van der Waals surface area contributed by atoms with Crippen molar-refractivity contribution in [3.63, 3.8) is 0 Å². The van der Waals surface area contributed by atoms with Crippen LogP contribution in [0.15, 0.2) is 27.8 Å². The Morgan fingerprint density at radius 1 is 1.41 bits per heavy atom. The minimum absolute atomic E-state index is 0.0979. The standard InChI is InChI=1S/C12H13ClFN3O3S2/c1-22(18,19)15-5-6-21-12-17-16-11(20-12)7-8-9(13)3-2-4-10(8)14/h2-4,15H,5-7H2,1H3. The minimum atomic E-state index is -3.21. The van der Waals surface area contributed by atoms with E-state index >= 15 is 0 Å². The fourth-order valence-corrected chi connectivity index (χ4v) is 3.05. The monoisotopic (exact) mass is 365 g/mol. The van der Waals surface area contributed by atoms with Gasteiger partial charge in [0.25, 0.3) is 5.22 Å². The first kappa shape index (κ1) is 17.2. The highest BCUT2D eigenvalue weighted by Crippen LogP contribution is 2.23. The van der Waals surface area contributed by atoms with Crippen LogP contribution in [-0.2, 0) is 16.4 Å². The molecule has 0 bridgehead atoms. The minimum Gasteiger partial charge on any atom is -0.416 e. The lowest BCUT2D eigenvalue weighted by atomic mass is 10.1. The van der Waals surface area contributed by atoms with E-state index in [-0.39, 0.29) is 24.1 Å². The van der Waals surface area contributed by atoms with E-state index in [9.17, 15) is 12.8 Å². The van der Waals surface area contributed by atoms with Crippen LogP contribution in [0, 0.1) is 5.82 Å². The van der Waals surface area contributed by atoms with Gasteiger partial charge in [-0.25, -0.2) is 17.5 Å². The summed E-state index contributed by atoms with van der Waals surface area (Å²) in [7, 11) is -3.21. The maximum Gasteiger partial charge on any atom is 0.276 e. The van der Waals surface area contributed by atoms with Gasteiger partial charge >= 0.3 is 0 Å². The highest BCUT2D eigenvalue weighted by molar-refractivity contribution is 7.99. The van der Waals surface area contributed by atoms with Gasteiger partial charge in [-0.15, -0.1) is 10.2 Å². The second-order valence-corrected chi connectivity index (χ2v) is 7.64. The van der Waals surface area contributed by atoms with Crippen molar-refractivity contribution >= 4 is 33.4 Å². The molecule has 0 saturated carbocycles. The lowest BCUT2D eigenvalue weighted by Gasteiger charge is -2.02. The van der Waals surface area contributed by atoms with Crippen molar-refractivity contribution in [2.75, 3.05) is 18.6 Å². The molecule has 1 aromatic heterocycles. The van der Waals surface area contributed by atoms with E-state index in [0.29, 0.717) is 16.3 Å². The number of nitrogens with zero attached hydrogens (tertiary/aromatic N) is 2. The largest absolute Gasteiger partial charge is 0.416 e. The van der Waals surface area contributed by atoms with Gasteiger partial charge in [0.15, 0.2) is 0 Å². The Morgan fingerprint density at radius 2 is 2.18 bits per heavy atom. The Bertz CT molecular complexity index is 732. The van der Waals surface area contributed by atoms with Gasteiger partial charge in [-0.05, 0) is 12.1 Å². The van der Waals surface area contributed by atoms with E-state index in [1.807, 2.05) is 0 Å². The predicted octanol–water partition coefficient (Wildman–Crippen LogP) is 2.09. The lowest BCUT2D eigenvalue weighted by Crippen LogP contribution is -2.24. The van der Waals surface area contributed by atoms with Gasteiger partial charge in [0, 0.05) is 22.9 Å². The summed E-state index contributed by atoms with van der Waals surface area (Å²) in [6.07, 6.45) is 1.18. The third-order valence-corrected chi connectivity index (χ3v) is 4.43. The molecule has 1 N–H and O–H groups in total. The van der Waals surface area contributed by atoms with Gasteiger partial charge in [0.2, 0.25) is 15.9 Å². The molecule has 2 rings (SSSR count). The smallest absolute Gasteiger partial charge is 0.276 e. The molecule has 0 saturated heterocycles. The van der Waals surface area contributed by atoms with Gasteiger partial charge in [-0.1, -0.05) is 29.4 Å². The zero-order valence-electron chi connectivity index (χ0n) is 11.5. The van der Waals surface area contributed by atoms with Crippen molar-refractivity contribution in [2.24, 2.45) is 0 Å². The normalized spacial score (nSPS) is 11.8. The van der Waals surface area contributed by atoms with Crippen LogP contribution in [0.1, 0.15) is 11.5 Å². The fourth-order valence-electron chi connectivity index (χ4n) is 1.59. The van der Waals surface area contributed by atoms with E-state index in [2.05, 4.69) is 14.9 Å². The molecule has 1 aromatic carbocycles. The maximum atomic E-state index is 13.7. The summed E-state index contributed by atoms with van der Waals surface area (Å²) in [6, 6.07) is 4.41. The van der Waals surface area contributed by atoms with Crippen LogP contribution in [0.25, 0.3) is 0 Å². The summed E-state index contributed by atoms with van der Waals surface area (Å²) in [5.41, 5.74) is 0.295. The summed E-state index contributed by atoms with van der Waals surface area (Å²) >= 11 is 7.14. The number of hydrogen-bond acceptors (Lipinski definition) is 6. The first-order valence-electron chi connectivity index (χ1n) is 6.18. The molecular weight excluding hydrogens is 353 g/mol. The zero-order valence-corrected chi connectivity index (χ0v) is 13.9. The van der Waals surface area contributed by atoms with Gasteiger partial charge in [0.05, 0.1) is 12.7 Å². The lowest BCUT2D eigenvalue weighted by molar-refractivity contribution is 0.418. The number of thioether (sulfide) groups is 1. The Morgan fingerprint density at radius 3 is 2.86 bits per heavy atom. The van der Waals surface area contributed by atoms with E-state index in [1.165, 1.54) is 23.9 Å². The second kappa shape index (κ2) is 7.40. The zero-order chi connectivity index (χ0) is 16.2. The first-order chi connectivity index (χ1) is 10.3. The Kier molecular flexibility index (Phi) is 5.79. The fraction of sp³-hybridized carbons (Fsp3) is 0.333. The van der Waals surface area contributed by atoms with Crippen LogP contribution in [-0.4, -0.2) is 37.2 Å². The first-order valence-corrected chi connectivity index (χ1v) is 9.43. The molecule has 1 heterocycles. The van der Waals surface area contributed by atoms with Gasteiger partial charge in [0.1, 0.15) is 5.82 Å². The highest BCUT2D eigenvalue weighted by Gasteiger charge is 2.13. The molecule has 0 aliphatic heterocycles. The molecule has 0 atom stereocenters. The molecule has 0 spiro atoms. The van der Waals surface area contributed by atoms with Crippen molar-refractivity contribution < 1.29 is 17.2 Å². The van der Waals surface area contributed by atoms with Crippen LogP contribution in [0.2, 0.25) is 5.02 Å². The molecule has 0 unspecified atom stereocenters. The average Bonchev–Trinajstić information content (AvgIpc) is 2.86. The van der Waals surface area contributed by atoms with Crippen molar-refractivity contribution in [3.8, 4) is 0 Å². The Balaban J connectivity index is 1.92. The quantitative estimate of drug-likeness (QED) is 0.597. The van der Waals surface area contributed by atoms with Gasteiger partial charge in [-0.2, -0.15) is 0 Å². The number of aromatic nitrogens is 2. The number of benzene rings is 1. The third kappa shape index (κ3) is 5.24. The molecule has 0 fully saturated rings. The van der Waals surface area contributed by atoms with E-state index < -0.39 is 15.8 Å². The van der Waals surface area contributed by atoms with E-state index in [4.69, 9.17) is 16.0 Å². The molecule has 22 heavy (non-hydrogen) atoms. The molecule has 6 nitrogen and oxygen atoms in total.